The Balaban J connectivity index is 0.000000318. The van der Waals surface area contributed by atoms with Crippen molar-refractivity contribution in [3.05, 3.63) is 66.0 Å². The smallest absolute Gasteiger partial charge is 0 e. The molecule has 2 rings (SSSR count). The Labute approximate surface area is 108 Å². The van der Waals surface area contributed by atoms with Crippen LogP contribution < -0.4 is 5.11 Å². The summed E-state index contributed by atoms with van der Waals surface area (Å²) >= 11 is 0. The van der Waals surface area contributed by atoms with E-state index in [-0.39, 0.29) is 22.8 Å². The van der Waals surface area contributed by atoms with Crippen LogP contribution in [0, 0.1) is 0 Å². The van der Waals surface area contributed by atoms with E-state index in [9.17, 15) is 5.11 Å². The quantitative estimate of drug-likeness (QED) is 0.453. The van der Waals surface area contributed by atoms with Gasteiger partial charge in [0.15, 0.2) is 0 Å². The fourth-order valence-corrected chi connectivity index (χ4v) is 1.25. The van der Waals surface area contributed by atoms with Crippen molar-refractivity contribution in [2.24, 2.45) is 0 Å². The molecule has 1 aromatic rings. The van der Waals surface area contributed by atoms with E-state index in [2.05, 4.69) is 0 Å². The van der Waals surface area contributed by atoms with Crippen molar-refractivity contribution in [1.82, 2.24) is 0 Å². The first-order valence-electron chi connectivity index (χ1n) is 5.26. The van der Waals surface area contributed by atoms with E-state index in [1.807, 2.05) is 61.6 Å². The summed E-state index contributed by atoms with van der Waals surface area (Å²) in [6, 6.07) is 10.0. The molecule has 0 amide bonds. The van der Waals surface area contributed by atoms with Gasteiger partial charge in [0.05, 0.1) is 0 Å². The third-order valence-electron chi connectivity index (χ3n) is 2.02. The maximum Gasteiger partial charge on any atom is 0 e. The predicted molar refractivity (Wildman–Crippen MR) is 62.2 cm³/mol. The number of allylic oxidation sites excluding steroid dienone is 6. The molecule has 88 valence electrons. The first kappa shape index (κ1) is 14.9. The van der Waals surface area contributed by atoms with E-state index in [0.29, 0.717) is 6.42 Å². The molecule has 0 aliphatic heterocycles. The van der Waals surface area contributed by atoms with Crippen LogP contribution in [-0.2, 0) is 17.1 Å². The molecule has 0 atom stereocenters. The van der Waals surface area contributed by atoms with Gasteiger partial charge in [-0.15, -0.1) is 5.76 Å². The Morgan fingerprint density at radius 2 is 1.75 bits per heavy atom. The number of rotatable bonds is 2. The van der Waals surface area contributed by atoms with Crippen LogP contribution in [-0.4, -0.2) is 0 Å². The molecule has 1 nitrogen and oxygen atoms in total. The van der Waals surface area contributed by atoms with Gasteiger partial charge in [0.25, 0.3) is 0 Å². The summed E-state index contributed by atoms with van der Waals surface area (Å²) in [6.07, 6.45) is 9.11. The molecule has 0 unspecified atom stereocenters. The Morgan fingerprint density at radius 1 is 1.19 bits per heavy atom. The van der Waals surface area contributed by atoms with E-state index in [1.165, 1.54) is 0 Å². The molecule has 2 heteroatoms. The fraction of sp³-hybridized carbons (Fsp3) is 0.214. The molecule has 0 N–H and O–H groups in total. The Hall–Kier alpha value is -1.11. The van der Waals surface area contributed by atoms with E-state index >= 15 is 0 Å². The third-order valence-corrected chi connectivity index (χ3v) is 2.02. The standard InChI is InChI=1S/C9H12O.C5H5.Fe/c1-2-5-9(10)8-6-3-4-7-8;1-2-4-5-3-1;/h3-4,6-7,10H,2,5H2,1H3;1-5H;/q;-1;/p-1. The molecular weight excluding hydrogens is 240 g/mol. The number of hydrogen-bond acceptors (Lipinski definition) is 1. The zero-order valence-electron chi connectivity index (χ0n) is 9.37. The normalized spacial score (nSPS) is 11.7. The average molecular weight is 256 g/mol. The van der Waals surface area contributed by atoms with Crippen molar-refractivity contribution in [2.45, 2.75) is 19.8 Å². The van der Waals surface area contributed by atoms with Crippen LogP contribution in [0.5, 0.6) is 0 Å². The van der Waals surface area contributed by atoms with Crippen molar-refractivity contribution in [1.29, 1.82) is 0 Å². The van der Waals surface area contributed by atoms with E-state index in [0.717, 1.165) is 12.0 Å². The first-order valence-corrected chi connectivity index (χ1v) is 5.26. The molecule has 0 fully saturated rings. The average Bonchev–Trinajstić information content (AvgIpc) is 2.95. The van der Waals surface area contributed by atoms with Crippen LogP contribution in [0.2, 0.25) is 0 Å². The minimum atomic E-state index is 0. The van der Waals surface area contributed by atoms with Crippen LogP contribution in [0.15, 0.2) is 66.0 Å². The van der Waals surface area contributed by atoms with Crippen molar-refractivity contribution in [3.63, 3.8) is 0 Å². The van der Waals surface area contributed by atoms with Crippen molar-refractivity contribution < 1.29 is 22.2 Å². The maximum absolute atomic E-state index is 11.1. The summed E-state index contributed by atoms with van der Waals surface area (Å²) in [7, 11) is 0. The number of hydrogen-bond donors (Lipinski definition) is 0. The second-order valence-corrected chi connectivity index (χ2v) is 3.31. The summed E-state index contributed by atoms with van der Waals surface area (Å²) in [4.78, 5) is 0. The van der Waals surface area contributed by atoms with Crippen LogP contribution in [0.1, 0.15) is 19.8 Å². The monoisotopic (exact) mass is 256 g/mol. The molecule has 16 heavy (non-hydrogen) atoms. The van der Waals surface area contributed by atoms with Gasteiger partial charge in [-0.05, 0) is 12.0 Å². The molecule has 1 aliphatic rings. The summed E-state index contributed by atoms with van der Waals surface area (Å²) in [5.74, 6) is 0.257. The molecule has 0 bridgehead atoms. The van der Waals surface area contributed by atoms with E-state index in [1.54, 1.807) is 0 Å². The molecule has 0 heterocycles. The molecule has 0 saturated heterocycles. The molecule has 0 spiro atoms. The summed E-state index contributed by atoms with van der Waals surface area (Å²) in [5.41, 5.74) is 0.849. The van der Waals surface area contributed by atoms with Crippen molar-refractivity contribution in [2.75, 3.05) is 0 Å². The van der Waals surface area contributed by atoms with E-state index in [4.69, 9.17) is 0 Å². The van der Waals surface area contributed by atoms with Gasteiger partial charge in [0.2, 0.25) is 0 Å². The third kappa shape index (κ3) is 5.69. The molecular formula is C14H16FeO-2. The molecule has 0 saturated carbocycles. The summed E-state index contributed by atoms with van der Waals surface area (Å²) < 4.78 is 0. The molecule has 1 aliphatic carbocycles. The zero-order chi connectivity index (χ0) is 10.9. The van der Waals surface area contributed by atoms with Crippen LogP contribution in [0.4, 0.5) is 0 Å². The molecule has 0 radical (unpaired) electrons. The minimum absolute atomic E-state index is 0. The first-order chi connectivity index (χ1) is 7.34. The van der Waals surface area contributed by atoms with Crippen LogP contribution in [0.3, 0.4) is 0 Å². The van der Waals surface area contributed by atoms with Crippen LogP contribution in [0.25, 0.3) is 0 Å². The van der Waals surface area contributed by atoms with Gasteiger partial charge < -0.3 is 5.11 Å². The topological polar surface area (TPSA) is 23.1 Å². The zero-order valence-corrected chi connectivity index (χ0v) is 10.5. The molecule has 0 aromatic heterocycles. The van der Waals surface area contributed by atoms with Crippen molar-refractivity contribution >= 4 is 0 Å². The van der Waals surface area contributed by atoms with Gasteiger partial charge >= 0.3 is 0 Å². The van der Waals surface area contributed by atoms with Gasteiger partial charge in [0.1, 0.15) is 0 Å². The minimum Gasteiger partial charge on any atom is -0.875 e. The Bertz CT molecular complexity index is 314. The second kappa shape index (κ2) is 9.14. The predicted octanol–water partition coefficient (Wildman–Crippen LogP) is 2.93. The summed E-state index contributed by atoms with van der Waals surface area (Å²) in [6.45, 7) is 2.01. The van der Waals surface area contributed by atoms with Crippen molar-refractivity contribution in [3.8, 4) is 0 Å². The van der Waals surface area contributed by atoms with Gasteiger partial charge in [-0.3, -0.25) is 0 Å². The largest absolute Gasteiger partial charge is 0.875 e. The van der Waals surface area contributed by atoms with Gasteiger partial charge in [-0.25, -0.2) is 12.1 Å². The van der Waals surface area contributed by atoms with Gasteiger partial charge in [-0.1, -0.05) is 37.6 Å². The molecule has 1 aromatic carbocycles. The Kier molecular flexibility index (Phi) is 8.51. The SMILES string of the molecule is CCCC([O-])=C1C=CC=C1.[Fe].c1cc[cH-]c1. The van der Waals surface area contributed by atoms with E-state index < -0.39 is 0 Å². The maximum atomic E-state index is 11.1. The van der Waals surface area contributed by atoms with Crippen LogP contribution >= 0.6 is 0 Å². The summed E-state index contributed by atoms with van der Waals surface area (Å²) in [5, 5.41) is 11.1. The second-order valence-electron chi connectivity index (χ2n) is 3.31. The van der Waals surface area contributed by atoms with Gasteiger partial charge in [-0.2, -0.15) is 18.2 Å². The van der Waals surface area contributed by atoms with Gasteiger partial charge in [0, 0.05) is 17.1 Å². The fourth-order valence-electron chi connectivity index (χ4n) is 1.25. The Morgan fingerprint density at radius 3 is 2.12 bits per heavy atom.